The molecule has 2 aromatic carbocycles. The predicted molar refractivity (Wildman–Crippen MR) is 141 cm³/mol. The Morgan fingerprint density at radius 1 is 0.949 bits per heavy atom. The van der Waals surface area contributed by atoms with Crippen molar-refractivity contribution in [2.75, 3.05) is 44.6 Å². The summed E-state index contributed by atoms with van der Waals surface area (Å²) in [7, 11) is -1.07. The van der Waals surface area contributed by atoms with Gasteiger partial charge in [0.1, 0.15) is 5.75 Å². The molecule has 2 amide bonds. The SMILES string of the molecule is COc1ccc(N(C)S(=O)(=O)c2cccc(C(=O)O[C@@H](C)C(=O)N3CCN(C(=O)c4ccco4)CC3)c2)cc1. The molecular weight excluding hydrogens is 526 g/mol. The molecule has 1 aromatic heterocycles. The number of piperazine rings is 1. The number of ether oxygens (including phenoxy) is 2. The number of furan rings is 1. The van der Waals surface area contributed by atoms with Crippen LogP contribution in [0.5, 0.6) is 5.75 Å². The molecule has 0 aliphatic carbocycles. The summed E-state index contributed by atoms with van der Waals surface area (Å²) < 4.78 is 43.1. The van der Waals surface area contributed by atoms with E-state index < -0.39 is 28.0 Å². The van der Waals surface area contributed by atoms with Crippen molar-refractivity contribution in [3.8, 4) is 5.75 Å². The molecule has 2 heterocycles. The molecule has 4 rings (SSSR count). The van der Waals surface area contributed by atoms with Gasteiger partial charge in [0.05, 0.1) is 29.5 Å². The van der Waals surface area contributed by atoms with Crippen molar-refractivity contribution in [3.63, 3.8) is 0 Å². The number of carbonyl (C=O) groups excluding carboxylic acids is 3. The van der Waals surface area contributed by atoms with Crippen LogP contribution in [0.15, 0.2) is 76.2 Å². The lowest BCUT2D eigenvalue weighted by molar-refractivity contribution is -0.141. The van der Waals surface area contributed by atoms with Gasteiger partial charge in [-0.05, 0) is 61.5 Å². The Bertz CT molecular complexity index is 1430. The minimum absolute atomic E-state index is 0.00674. The standard InChI is InChI=1S/C27H29N3O8S/c1-19(25(31)29-13-15-30(16-14-29)26(32)24-8-5-17-37-24)38-27(33)20-6-4-7-23(18-20)39(34,35)28(2)21-9-11-22(36-3)12-10-21/h4-12,17-19H,13-16H2,1-3H3/t19-/m0/s1. The Kier molecular flexibility index (Phi) is 8.24. The molecule has 11 nitrogen and oxygen atoms in total. The summed E-state index contributed by atoms with van der Waals surface area (Å²) in [6.45, 7) is 2.64. The second kappa shape index (κ2) is 11.6. The number of nitrogens with zero attached hydrogens (tertiary/aromatic N) is 3. The van der Waals surface area contributed by atoms with Gasteiger partial charge in [-0.15, -0.1) is 0 Å². The molecule has 0 unspecified atom stereocenters. The van der Waals surface area contributed by atoms with Crippen LogP contribution in [0.25, 0.3) is 0 Å². The largest absolute Gasteiger partial charge is 0.497 e. The van der Waals surface area contributed by atoms with Crippen LogP contribution in [0, 0.1) is 0 Å². The highest BCUT2D eigenvalue weighted by Gasteiger charge is 2.30. The van der Waals surface area contributed by atoms with Crippen molar-refractivity contribution >= 4 is 33.5 Å². The molecular formula is C27H29N3O8S. The zero-order valence-corrected chi connectivity index (χ0v) is 22.6. The van der Waals surface area contributed by atoms with E-state index in [1.165, 1.54) is 56.5 Å². The van der Waals surface area contributed by atoms with E-state index in [1.807, 2.05) is 0 Å². The first-order chi connectivity index (χ1) is 18.6. The topological polar surface area (TPSA) is 127 Å². The van der Waals surface area contributed by atoms with E-state index in [0.717, 1.165) is 4.31 Å². The van der Waals surface area contributed by atoms with E-state index in [9.17, 15) is 22.8 Å². The van der Waals surface area contributed by atoms with E-state index in [4.69, 9.17) is 13.9 Å². The molecule has 3 aromatic rings. The first-order valence-corrected chi connectivity index (χ1v) is 13.6. The van der Waals surface area contributed by atoms with Gasteiger partial charge < -0.3 is 23.7 Å². The van der Waals surface area contributed by atoms with Crippen molar-refractivity contribution in [2.24, 2.45) is 0 Å². The van der Waals surface area contributed by atoms with Crippen LogP contribution in [0.2, 0.25) is 0 Å². The summed E-state index contributed by atoms with van der Waals surface area (Å²) in [6, 6.07) is 15.2. The summed E-state index contributed by atoms with van der Waals surface area (Å²) in [5.41, 5.74) is 0.404. The number of anilines is 1. The average molecular weight is 556 g/mol. The molecule has 1 aliphatic heterocycles. The number of benzene rings is 2. The molecule has 0 spiro atoms. The maximum absolute atomic E-state index is 13.2. The Balaban J connectivity index is 1.37. The fourth-order valence-electron chi connectivity index (χ4n) is 4.09. The normalized spacial score (nSPS) is 14.4. The van der Waals surface area contributed by atoms with Gasteiger partial charge in [-0.2, -0.15) is 0 Å². The van der Waals surface area contributed by atoms with Crippen molar-refractivity contribution in [2.45, 2.75) is 17.9 Å². The molecule has 1 fully saturated rings. The molecule has 1 saturated heterocycles. The molecule has 0 N–H and O–H groups in total. The second-order valence-corrected chi connectivity index (χ2v) is 10.8. The molecule has 0 radical (unpaired) electrons. The van der Waals surface area contributed by atoms with Crippen molar-refractivity contribution < 1.29 is 36.7 Å². The summed E-state index contributed by atoms with van der Waals surface area (Å²) in [5.74, 6) is -0.666. The summed E-state index contributed by atoms with van der Waals surface area (Å²) in [5, 5.41) is 0. The van der Waals surface area contributed by atoms with Gasteiger partial charge >= 0.3 is 5.97 Å². The van der Waals surface area contributed by atoms with E-state index >= 15 is 0 Å². The molecule has 206 valence electrons. The van der Waals surface area contributed by atoms with Gasteiger partial charge in [-0.1, -0.05) is 6.07 Å². The Labute approximate surface area is 226 Å². The van der Waals surface area contributed by atoms with Crippen LogP contribution >= 0.6 is 0 Å². The number of esters is 1. The van der Waals surface area contributed by atoms with Crippen molar-refractivity contribution in [3.05, 3.63) is 78.3 Å². The maximum Gasteiger partial charge on any atom is 0.338 e. The number of methoxy groups -OCH3 is 1. The average Bonchev–Trinajstić information content (AvgIpc) is 3.51. The maximum atomic E-state index is 13.2. The van der Waals surface area contributed by atoms with Gasteiger partial charge in [0, 0.05) is 33.2 Å². The van der Waals surface area contributed by atoms with Crippen molar-refractivity contribution in [1.29, 1.82) is 0 Å². The fourth-order valence-corrected chi connectivity index (χ4v) is 5.34. The lowest BCUT2D eigenvalue weighted by atomic mass is 10.2. The summed E-state index contributed by atoms with van der Waals surface area (Å²) in [4.78, 5) is 41.2. The monoisotopic (exact) mass is 555 g/mol. The molecule has 1 aliphatic rings. The third kappa shape index (κ3) is 6.06. The van der Waals surface area contributed by atoms with Crippen LogP contribution < -0.4 is 9.04 Å². The highest BCUT2D eigenvalue weighted by atomic mass is 32.2. The van der Waals surface area contributed by atoms with Gasteiger partial charge in [0.2, 0.25) is 0 Å². The minimum atomic E-state index is -3.99. The minimum Gasteiger partial charge on any atom is -0.497 e. The third-order valence-electron chi connectivity index (χ3n) is 6.41. The number of hydrogen-bond acceptors (Lipinski definition) is 8. The Morgan fingerprint density at radius 2 is 1.62 bits per heavy atom. The number of rotatable bonds is 8. The Hall–Kier alpha value is -4.32. The van der Waals surface area contributed by atoms with Crippen molar-refractivity contribution in [1.82, 2.24) is 9.80 Å². The van der Waals surface area contributed by atoms with Gasteiger partial charge in [0.15, 0.2) is 11.9 Å². The van der Waals surface area contributed by atoms with Gasteiger partial charge in [0.25, 0.3) is 21.8 Å². The second-order valence-electron chi connectivity index (χ2n) is 8.84. The summed E-state index contributed by atoms with van der Waals surface area (Å²) in [6.07, 6.45) is 0.319. The lowest BCUT2D eigenvalue weighted by Crippen LogP contribution is -2.53. The molecule has 0 saturated carbocycles. The van der Waals surface area contributed by atoms with Crippen LogP contribution in [0.3, 0.4) is 0 Å². The van der Waals surface area contributed by atoms with Crippen LogP contribution in [-0.2, 0) is 19.6 Å². The molecule has 0 bridgehead atoms. The number of hydrogen-bond donors (Lipinski definition) is 0. The van der Waals surface area contributed by atoms with E-state index in [2.05, 4.69) is 0 Å². The van der Waals surface area contributed by atoms with E-state index in [-0.39, 0.29) is 35.2 Å². The van der Waals surface area contributed by atoms with E-state index in [1.54, 1.807) is 41.3 Å². The Morgan fingerprint density at radius 3 is 2.23 bits per heavy atom. The number of sulfonamides is 1. The zero-order chi connectivity index (χ0) is 28.2. The first kappa shape index (κ1) is 27.7. The predicted octanol–water partition coefficient (Wildman–Crippen LogP) is 2.64. The first-order valence-electron chi connectivity index (χ1n) is 12.2. The molecule has 12 heteroatoms. The number of carbonyl (C=O) groups is 3. The lowest BCUT2D eigenvalue weighted by Gasteiger charge is -2.35. The van der Waals surface area contributed by atoms with E-state index in [0.29, 0.717) is 24.5 Å². The highest BCUT2D eigenvalue weighted by molar-refractivity contribution is 7.92. The quantitative estimate of drug-likeness (QED) is 0.388. The number of amides is 2. The van der Waals surface area contributed by atoms with Gasteiger partial charge in [-0.3, -0.25) is 13.9 Å². The van der Waals surface area contributed by atoms with Gasteiger partial charge in [-0.25, -0.2) is 13.2 Å². The van der Waals surface area contributed by atoms with Crippen LogP contribution in [0.4, 0.5) is 5.69 Å². The summed E-state index contributed by atoms with van der Waals surface area (Å²) >= 11 is 0. The molecule has 39 heavy (non-hydrogen) atoms. The zero-order valence-electron chi connectivity index (χ0n) is 21.8. The fraction of sp³-hybridized carbons (Fsp3) is 0.296. The third-order valence-corrected chi connectivity index (χ3v) is 8.19. The van der Waals surface area contributed by atoms with Crippen LogP contribution in [0.1, 0.15) is 27.8 Å². The highest BCUT2D eigenvalue weighted by Crippen LogP contribution is 2.25. The molecule has 1 atom stereocenters. The smallest absolute Gasteiger partial charge is 0.338 e. The van der Waals surface area contributed by atoms with Crippen LogP contribution in [-0.4, -0.2) is 82.4 Å².